The lowest BCUT2D eigenvalue weighted by atomic mass is 10.0. The van der Waals surface area contributed by atoms with Gasteiger partial charge in [0.1, 0.15) is 11.8 Å². The van der Waals surface area contributed by atoms with Gasteiger partial charge in [0.15, 0.2) is 0 Å². The van der Waals surface area contributed by atoms with Crippen LogP contribution >= 0.6 is 0 Å². The number of hydrogen-bond donors (Lipinski definition) is 2. The van der Waals surface area contributed by atoms with E-state index in [2.05, 4.69) is 0 Å². The first kappa shape index (κ1) is 17.4. The molecule has 0 fully saturated rings. The van der Waals surface area contributed by atoms with Crippen molar-refractivity contribution >= 4 is 15.9 Å². The molecule has 0 saturated heterocycles. The van der Waals surface area contributed by atoms with Crippen LogP contribution in [0.1, 0.15) is 13.8 Å². The van der Waals surface area contributed by atoms with Gasteiger partial charge in [-0.25, -0.2) is 13.9 Å². The molecule has 7 nitrogen and oxygen atoms in total. The lowest BCUT2D eigenvalue weighted by Gasteiger charge is -2.28. The Kier molecular flexibility index (Phi) is 5.70. The minimum Gasteiger partial charge on any atom is -0.497 e. The molecule has 1 aromatic carbocycles. The topological polar surface area (TPSA) is 95.9 Å². The van der Waals surface area contributed by atoms with Crippen molar-refractivity contribution in [3.63, 3.8) is 0 Å². The third-order valence-electron chi connectivity index (χ3n) is 3.14. The molecule has 1 amide bonds. The summed E-state index contributed by atoms with van der Waals surface area (Å²) in [6, 6.07) is 4.84. The van der Waals surface area contributed by atoms with Crippen molar-refractivity contribution in [1.82, 2.24) is 9.79 Å². The minimum absolute atomic E-state index is 0.0437. The third-order valence-corrected chi connectivity index (χ3v) is 4.99. The van der Waals surface area contributed by atoms with Crippen LogP contribution in [0.4, 0.5) is 0 Å². The quantitative estimate of drug-likeness (QED) is 0.599. The Hall–Kier alpha value is -1.64. The maximum absolute atomic E-state index is 12.5. The first-order valence-electron chi connectivity index (χ1n) is 6.31. The molecule has 1 unspecified atom stereocenters. The van der Waals surface area contributed by atoms with Crippen molar-refractivity contribution in [2.45, 2.75) is 24.8 Å². The maximum Gasteiger partial charge on any atom is 0.262 e. The molecule has 118 valence electrons. The number of likely N-dealkylation sites (N-methyl/N-ethyl adjacent to an activating group) is 1. The number of nitrogens with zero attached hydrogens (tertiary/aromatic N) is 1. The zero-order chi connectivity index (χ0) is 16.2. The van der Waals surface area contributed by atoms with Crippen LogP contribution in [0, 0.1) is 5.92 Å². The van der Waals surface area contributed by atoms with Crippen molar-refractivity contribution < 1.29 is 23.2 Å². The van der Waals surface area contributed by atoms with Gasteiger partial charge in [0.2, 0.25) is 10.0 Å². The van der Waals surface area contributed by atoms with E-state index in [1.165, 1.54) is 43.9 Å². The van der Waals surface area contributed by atoms with Crippen molar-refractivity contribution in [2.75, 3.05) is 14.2 Å². The number of hydroxylamine groups is 1. The van der Waals surface area contributed by atoms with Crippen LogP contribution in [-0.2, 0) is 14.8 Å². The summed E-state index contributed by atoms with van der Waals surface area (Å²) in [5.41, 5.74) is 1.50. The number of benzene rings is 1. The zero-order valence-electron chi connectivity index (χ0n) is 12.4. The maximum atomic E-state index is 12.5. The Morgan fingerprint density at radius 1 is 1.29 bits per heavy atom. The smallest absolute Gasteiger partial charge is 0.262 e. The average molecular weight is 316 g/mol. The molecule has 0 aliphatic carbocycles. The van der Waals surface area contributed by atoms with Crippen LogP contribution < -0.4 is 10.2 Å². The van der Waals surface area contributed by atoms with Crippen molar-refractivity contribution in [1.29, 1.82) is 0 Å². The van der Waals surface area contributed by atoms with E-state index in [9.17, 15) is 13.2 Å². The molecule has 0 saturated carbocycles. The van der Waals surface area contributed by atoms with E-state index in [1.54, 1.807) is 13.8 Å². The highest BCUT2D eigenvalue weighted by Crippen LogP contribution is 2.22. The summed E-state index contributed by atoms with van der Waals surface area (Å²) in [5.74, 6) is -0.551. The number of hydrogen-bond acceptors (Lipinski definition) is 5. The first-order valence-corrected chi connectivity index (χ1v) is 7.75. The predicted octanol–water partition coefficient (Wildman–Crippen LogP) is 0.846. The Balaban J connectivity index is 3.17. The molecule has 0 heterocycles. The molecule has 21 heavy (non-hydrogen) atoms. The second kappa shape index (κ2) is 6.88. The Morgan fingerprint density at radius 2 is 1.81 bits per heavy atom. The van der Waals surface area contributed by atoms with Crippen LogP contribution in [0.2, 0.25) is 0 Å². The number of carbonyl (C=O) groups excluding carboxylic acids is 1. The number of methoxy groups -OCH3 is 1. The van der Waals surface area contributed by atoms with Crippen LogP contribution in [-0.4, -0.2) is 44.0 Å². The number of nitrogens with one attached hydrogen (secondary N) is 1. The number of sulfonamides is 1. The van der Waals surface area contributed by atoms with Gasteiger partial charge in [-0.3, -0.25) is 10.0 Å². The molecule has 0 aromatic heterocycles. The lowest BCUT2D eigenvalue weighted by Crippen LogP contribution is -2.49. The zero-order valence-corrected chi connectivity index (χ0v) is 13.2. The summed E-state index contributed by atoms with van der Waals surface area (Å²) in [6.07, 6.45) is 0. The molecule has 1 rings (SSSR count). The van der Waals surface area contributed by atoms with E-state index in [4.69, 9.17) is 9.94 Å². The fourth-order valence-corrected chi connectivity index (χ4v) is 3.47. The highest BCUT2D eigenvalue weighted by Gasteiger charge is 2.34. The molecule has 2 N–H and O–H groups in total. The van der Waals surface area contributed by atoms with E-state index in [1.807, 2.05) is 0 Å². The van der Waals surface area contributed by atoms with E-state index in [0.717, 1.165) is 4.31 Å². The van der Waals surface area contributed by atoms with Crippen LogP contribution in [0.25, 0.3) is 0 Å². The van der Waals surface area contributed by atoms with Crippen LogP contribution in [0.15, 0.2) is 29.2 Å². The summed E-state index contributed by atoms with van der Waals surface area (Å²) >= 11 is 0. The van der Waals surface area contributed by atoms with Crippen molar-refractivity contribution in [3.05, 3.63) is 24.3 Å². The van der Waals surface area contributed by atoms with E-state index < -0.39 is 22.0 Å². The van der Waals surface area contributed by atoms with Crippen molar-refractivity contribution in [2.24, 2.45) is 5.92 Å². The number of amides is 1. The molecule has 1 atom stereocenters. The molecule has 1 aromatic rings. The Bertz CT molecular complexity index is 583. The summed E-state index contributed by atoms with van der Waals surface area (Å²) in [7, 11) is -1.07. The summed E-state index contributed by atoms with van der Waals surface area (Å²) in [6.45, 7) is 3.39. The molecule has 0 aliphatic rings. The lowest BCUT2D eigenvalue weighted by molar-refractivity contribution is -0.134. The first-order chi connectivity index (χ1) is 9.75. The number of ether oxygens (including phenoxy) is 1. The molecular weight excluding hydrogens is 296 g/mol. The van der Waals surface area contributed by atoms with Gasteiger partial charge < -0.3 is 4.74 Å². The molecule has 0 bridgehead atoms. The summed E-state index contributed by atoms with van der Waals surface area (Å²) in [5, 5.41) is 8.77. The van der Waals surface area contributed by atoms with Crippen molar-refractivity contribution in [3.8, 4) is 5.75 Å². The van der Waals surface area contributed by atoms with Crippen LogP contribution in [0.5, 0.6) is 5.75 Å². The number of rotatable bonds is 6. The highest BCUT2D eigenvalue weighted by molar-refractivity contribution is 7.89. The fraction of sp³-hybridized carbons (Fsp3) is 0.462. The summed E-state index contributed by atoms with van der Waals surface area (Å²) in [4.78, 5) is 11.7. The van der Waals surface area contributed by atoms with Gasteiger partial charge in [-0.1, -0.05) is 13.8 Å². The highest BCUT2D eigenvalue weighted by atomic mass is 32.2. The molecular formula is C13H20N2O5S. The van der Waals surface area contributed by atoms with E-state index in [0.29, 0.717) is 5.75 Å². The second-order valence-corrected chi connectivity index (χ2v) is 6.86. The molecule has 0 radical (unpaired) electrons. The van der Waals surface area contributed by atoms with Gasteiger partial charge in [-0.2, -0.15) is 4.31 Å². The molecule has 0 spiro atoms. The van der Waals surface area contributed by atoms with Gasteiger partial charge in [-0.15, -0.1) is 0 Å². The van der Waals surface area contributed by atoms with E-state index in [-0.39, 0.29) is 10.8 Å². The number of carbonyl (C=O) groups is 1. The standard InChI is InChI=1S/C13H20N2O5S/c1-9(2)12(13(16)14-17)15(3)21(18,19)11-7-5-10(20-4)6-8-11/h5-9,12,17H,1-4H3,(H,14,16). The fourth-order valence-electron chi connectivity index (χ4n) is 2.02. The normalized spacial score (nSPS) is 13.3. The van der Waals surface area contributed by atoms with Gasteiger partial charge >= 0.3 is 0 Å². The summed E-state index contributed by atoms with van der Waals surface area (Å²) < 4.78 is 31.0. The second-order valence-electron chi connectivity index (χ2n) is 4.86. The molecule has 0 aliphatic heterocycles. The van der Waals surface area contributed by atoms with Gasteiger partial charge in [0.25, 0.3) is 5.91 Å². The molecule has 8 heteroatoms. The largest absolute Gasteiger partial charge is 0.497 e. The van der Waals surface area contributed by atoms with E-state index >= 15 is 0 Å². The predicted molar refractivity (Wildman–Crippen MR) is 76.5 cm³/mol. The third kappa shape index (κ3) is 3.72. The van der Waals surface area contributed by atoms with Gasteiger partial charge in [-0.05, 0) is 30.2 Å². The average Bonchev–Trinajstić information content (AvgIpc) is 2.46. The van der Waals surface area contributed by atoms with Gasteiger partial charge in [0.05, 0.1) is 12.0 Å². The SMILES string of the molecule is COc1ccc(S(=O)(=O)N(C)C(C(=O)NO)C(C)C)cc1. The Labute approximate surface area is 124 Å². The monoisotopic (exact) mass is 316 g/mol. The minimum atomic E-state index is -3.86. The Morgan fingerprint density at radius 3 is 2.19 bits per heavy atom. The van der Waals surface area contributed by atoms with Gasteiger partial charge in [0, 0.05) is 7.05 Å². The van der Waals surface area contributed by atoms with Crippen LogP contribution in [0.3, 0.4) is 0 Å².